The van der Waals surface area contributed by atoms with Crippen LogP contribution in [0.5, 0.6) is 0 Å². The number of anilines is 1. The summed E-state index contributed by atoms with van der Waals surface area (Å²) in [7, 11) is 0. The highest BCUT2D eigenvalue weighted by Gasteiger charge is 2.18. The molecule has 0 heterocycles. The first-order chi connectivity index (χ1) is 9.13. The Morgan fingerprint density at radius 2 is 1.95 bits per heavy atom. The molecule has 0 radical (unpaired) electrons. The number of amides is 1. The van der Waals surface area contributed by atoms with E-state index in [0.717, 1.165) is 11.3 Å². The van der Waals surface area contributed by atoms with Crippen molar-refractivity contribution >= 4 is 11.6 Å². The van der Waals surface area contributed by atoms with Crippen LogP contribution in [0, 0.1) is 29.6 Å². The summed E-state index contributed by atoms with van der Waals surface area (Å²) >= 11 is 0. The zero-order valence-corrected chi connectivity index (χ0v) is 11.1. The third-order valence-electron chi connectivity index (χ3n) is 2.58. The summed E-state index contributed by atoms with van der Waals surface area (Å²) in [6.07, 6.45) is 0. The van der Waals surface area contributed by atoms with Crippen LogP contribution in [0.15, 0.2) is 18.2 Å². The topological polar surface area (TPSA) is 79.9 Å². The molecule has 0 aliphatic heterocycles. The van der Waals surface area contributed by atoms with Crippen molar-refractivity contribution < 1.29 is 4.79 Å². The molecule has 1 amide bonds. The first kappa shape index (κ1) is 14.5. The van der Waals surface area contributed by atoms with Crippen LogP contribution in [0.1, 0.15) is 22.8 Å². The minimum atomic E-state index is -0.303. The Balaban J connectivity index is 3.12. The fourth-order valence-electron chi connectivity index (χ4n) is 1.72. The number of benzene rings is 1. The monoisotopic (exact) mass is 256 g/mol. The van der Waals surface area contributed by atoms with E-state index < -0.39 is 0 Å². The molecular formula is C14H16N4O. The van der Waals surface area contributed by atoms with Gasteiger partial charge in [-0.1, -0.05) is 11.6 Å². The summed E-state index contributed by atoms with van der Waals surface area (Å²) < 4.78 is 0. The van der Waals surface area contributed by atoms with Gasteiger partial charge in [0.1, 0.15) is 13.1 Å². The molecule has 0 bridgehead atoms. The third kappa shape index (κ3) is 3.72. The summed E-state index contributed by atoms with van der Waals surface area (Å²) in [6, 6.07) is 9.32. The smallest absolute Gasteiger partial charge is 0.257 e. The van der Waals surface area contributed by atoms with Crippen molar-refractivity contribution in [2.75, 3.05) is 25.0 Å². The van der Waals surface area contributed by atoms with E-state index in [1.54, 1.807) is 6.07 Å². The Morgan fingerprint density at radius 1 is 1.32 bits per heavy atom. The van der Waals surface area contributed by atoms with Gasteiger partial charge in [-0.2, -0.15) is 10.5 Å². The lowest BCUT2D eigenvalue weighted by Gasteiger charge is -2.18. The van der Waals surface area contributed by atoms with Crippen molar-refractivity contribution in [2.45, 2.75) is 13.8 Å². The summed E-state index contributed by atoms with van der Waals surface area (Å²) in [5.41, 5.74) is 2.17. The molecule has 1 aromatic rings. The lowest BCUT2D eigenvalue weighted by atomic mass is 10.1. The first-order valence-corrected chi connectivity index (χ1v) is 6.01. The van der Waals surface area contributed by atoms with Crippen LogP contribution in [0.25, 0.3) is 0 Å². The van der Waals surface area contributed by atoms with Crippen LogP contribution in [0.3, 0.4) is 0 Å². The quantitative estimate of drug-likeness (QED) is 0.816. The van der Waals surface area contributed by atoms with Gasteiger partial charge in [0.15, 0.2) is 0 Å². The number of rotatable bonds is 5. The number of carbonyl (C=O) groups is 1. The third-order valence-corrected chi connectivity index (χ3v) is 2.58. The van der Waals surface area contributed by atoms with Crippen LogP contribution >= 0.6 is 0 Å². The standard InChI is InChI=1S/C14H16N4O/c1-3-17-13-5-4-11(2)10-12(13)14(19)18(8-6-15)9-7-16/h4-5,10,17H,3,8-9H2,1-2H3. The molecule has 19 heavy (non-hydrogen) atoms. The maximum Gasteiger partial charge on any atom is 0.257 e. The van der Waals surface area contributed by atoms with Gasteiger partial charge in [0.2, 0.25) is 0 Å². The van der Waals surface area contributed by atoms with Gasteiger partial charge in [0.05, 0.1) is 17.7 Å². The number of carbonyl (C=O) groups excluding carboxylic acids is 1. The molecule has 0 aliphatic rings. The highest BCUT2D eigenvalue weighted by Crippen LogP contribution is 2.19. The van der Waals surface area contributed by atoms with Crippen molar-refractivity contribution in [2.24, 2.45) is 0 Å². The summed E-state index contributed by atoms with van der Waals surface area (Å²) in [4.78, 5) is 13.6. The number of hydrogen-bond donors (Lipinski definition) is 1. The van der Waals surface area contributed by atoms with Gasteiger partial charge in [-0.05, 0) is 26.0 Å². The Bertz CT molecular complexity index is 523. The molecule has 0 spiro atoms. The van der Waals surface area contributed by atoms with Gasteiger partial charge in [-0.3, -0.25) is 4.79 Å². The molecule has 1 rings (SSSR count). The van der Waals surface area contributed by atoms with Crippen LogP contribution in [-0.2, 0) is 0 Å². The number of aryl methyl sites for hydroxylation is 1. The van der Waals surface area contributed by atoms with Gasteiger partial charge < -0.3 is 10.2 Å². The van der Waals surface area contributed by atoms with Gasteiger partial charge in [0, 0.05) is 12.2 Å². The van der Waals surface area contributed by atoms with Crippen LogP contribution in [0.4, 0.5) is 5.69 Å². The molecule has 0 saturated carbocycles. The predicted octanol–water partition coefficient (Wildman–Crippen LogP) is 1.92. The first-order valence-electron chi connectivity index (χ1n) is 6.01. The van der Waals surface area contributed by atoms with E-state index >= 15 is 0 Å². The lowest BCUT2D eigenvalue weighted by molar-refractivity contribution is 0.0795. The van der Waals surface area contributed by atoms with E-state index in [4.69, 9.17) is 10.5 Å². The summed E-state index contributed by atoms with van der Waals surface area (Å²) in [6.45, 7) is 4.35. The van der Waals surface area contributed by atoms with Crippen molar-refractivity contribution in [3.63, 3.8) is 0 Å². The second kappa shape index (κ2) is 7.03. The minimum Gasteiger partial charge on any atom is -0.385 e. The molecule has 5 nitrogen and oxygen atoms in total. The SMILES string of the molecule is CCNc1ccc(C)cc1C(=O)N(CC#N)CC#N. The maximum absolute atomic E-state index is 12.4. The molecule has 1 N–H and O–H groups in total. The number of nitrogens with one attached hydrogen (secondary N) is 1. The zero-order valence-electron chi connectivity index (χ0n) is 11.1. The second-order valence-electron chi connectivity index (χ2n) is 4.06. The van der Waals surface area contributed by atoms with Gasteiger partial charge in [0.25, 0.3) is 5.91 Å². The predicted molar refractivity (Wildman–Crippen MR) is 72.5 cm³/mol. The van der Waals surface area contributed by atoms with E-state index in [-0.39, 0.29) is 19.0 Å². The van der Waals surface area contributed by atoms with E-state index in [2.05, 4.69) is 5.32 Å². The molecule has 0 aliphatic carbocycles. The molecule has 0 unspecified atom stereocenters. The minimum absolute atomic E-state index is 0.0914. The average molecular weight is 256 g/mol. The molecule has 0 atom stereocenters. The lowest BCUT2D eigenvalue weighted by Crippen LogP contribution is -2.32. The van der Waals surface area contributed by atoms with Gasteiger partial charge in [-0.15, -0.1) is 0 Å². The molecule has 0 aromatic heterocycles. The molecule has 98 valence electrons. The summed E-state index contributed by atoms with van der Waals surface area (Å²) in [5, 5.41) is 20.5. The highest BCUT2D eigenvalue weighted by molar-refractivity contribution is 6.00. The maximum atomic E-state index is 12.4. The van der Waals surface area contributed by atoms with E-state index in [9.17, 15) is 4.79 Å². The Labute approximate surface area is 113 Å². The molecule has 0 saturated heterocycles. The van der Waals surface area contributed by atoms with E-state index in [1.165, 1.54) is 4.90 Å². The molecule has 0 fully saturated rings. The Kier molecular flexibility index (Phi) is 5.37. The number of hydrogen-bond acceptors (Lipinski definition) is 4. The van der Waals surface area contributed by atoms with E-state index in [0.29, 0.717) is 12.1 Å². The number of nitriles is 2. The van der Waals surface area contributed by atoms with Crippen LogP contribution < -0.4 is 5.32 Å². The van der Waals surface area contributed by atoms with E-state index in [1.807, 2.05) is 38.1 Å². The van der Waals surface area contributed by atoms with Crippen molar-refractivity contribution in [3.05, 3.63) is 29.3 Å². The highest BCUT2D eigenvalue weighted by atomic mass is 16.2. The number of nitrogens with zero attached hydrogens (tertiary/aromatic N) is 3. The van der Waals surface area contributed by atoms with Gasteiger partial charge in [-0.25, -0.2) is 0 Å². The average Bonchev–Trinajstić information content (AvgIpc) is 2.40. The summed E-state index contributed by atoms with van der Waals surface area (Å²) in [5.74, 6) is -0.303. The fourth-order valence-corrected chi connectivity index (χ4v) is 1.72. The van der Waals surface area contributed by atoms with Crippen LogP contribution in [-0.4, -0.2) is 30.4 Å². The molecule has 1 aromatic carbocycles. The Hall–Kier alpha value is -2.53. The van der Waals surface area contributed by atoms with Gasteiger partial charge >= 0.3 is 0 Å². The van der Waals surface area contributed by atoms with Crippen molar-refractivity contribution in [3.8, 4) is 12.1 Å². The van der Waals surface area contributed by atoms with Crippen molar-refractivity contribution in [1.82, 2.24) is 4.90 Å². The largest absolute Gasteiger partial charge is 0.385 e. The normalized spacial score (nSPS) is 9.26. The van der Waals surface area contributed by atoms with Crippen LogP contribution in [0.2, 0.25) is 0 Å². The Morgan fingerprint density at radius 3 is 2.47 bits per heavy atom. The van der Waals surface area contributed by atoms with Crippen molar-refractivity contribution in [1.29, 1.82) is 10.5 Å². The zero-order chi connectivity index (χ0) is 14.3. The molecule has 5 heteroatoms. The fraction of sp³-hybridized carbons (Fsp3) is 0.357. The second-order valence-corrected chi connectivity index (χ2v) is 4.06. The molecular weight excluding hydrogens is 240 g/mol.